The van der Waals surface area contributed by atoms with Crippen molar-refractivity contribution in [3.05, 3.63) is 34.3 Å². The Hall–Kier alpha value is -2.08. The molecule has 0 bridgehead atoms. The van der Waals surface area contributed by atoms with Crippen LogP contribution in [-0.2, 0) is 10.2 Å². The molecule has 2 aromatic rings. The highest BCUT2D eigenvalue weighted by Crippen LogP contribution is 2.27. The number of aromatic amines is 1. The molecule has 1 amide bonds. The van der Waals surface area contributed by atoms with E-state index in [-0.39, 0.29) is 5.91 Å². The lowest BCUT2D eigenvalue weighted by Crippen LogP contribution is -2.44. The molecule has 3 N–H and O–H groups in total. The van der Waals surface area contributed by atoms with Crippen molar-refractivity contribution in [3.8, 4) is 0 Å². The van der Waals surface area contributed by atoms with Gasteiger partial charge in [0.2, 0.25) is 5.91 Å². The van der Waals surface area contributed by atoms with Crippen LogP contribution in [0.1, 0.15) is 19.4 Å². The number of aromatic nitrogens is 1. The van der Waals surface area contributed by atoms with Gasteiger partial charge < -0.3 is 4.42 Å². The number of hydrogen-bond acceptors (Lipinski definition) is 4. The smallest absolute Gasteiger partial charge is 0.408 e. The van der Waals surface area contributed by atoms with Crippen LogP contribution < -0.4 is 11.6 Å². The second-order valence-corrected chi connectivity index (χ2v) is 4.77. The third kappa shape index (κ3) is 1.91. The lowest BCUT2D eigenvalue weighted by molar-refractivity contribution is -0.135. The summed E-state index contributed by atoms with van der Waals surface area (Å²) in [7, 11) is 1.50. The van der Waals surface area contributed by atoms with Gasteiger partial charge in [-0.05, 0) is 31.5 Å². The van der Waals surface area contributed by atoms with Gasteiger partial charge in [0, 0.05) is 7.05 Å². The van der Waals surface area contributed by atoms with E-state index < -0.39 is 11.2 Å². The fraction of sp³-hybridized carbons (Fsp3) is 0.333. The Kier molecular flexibility index (Phi) is 2.74. The second kappa shape index (κ2) is 3.99. The van der Waals surface area contributed by atoms with Gasteiger partial charge >= 0.3 is 5.76 Å². The maximum atomic E-state index is 12.0. The van der Waals surface area contributed by atoms with E-state index in [1.54, 1.807) is 32.0 Å². The molecule has 0 saturated carbocycles. The highest BCUT2D eigenvalue weighted by Gasteiger charge is 2.32. The van der Waals surface area contributed by atoms with Gasteiger partial charge in [-0.15, -0.1) is 0 Å². The fourth-order valence-electron chi connectivity index (χ4n) is 1.90. The van der Waals surface area contributed by atoms with E-state index in [2.05, 4.69) is 4.98 Å². The van der Waals surface area contributed by atoms with Gasteiger partial charge in [0.05, 0.1) is 10.9 Å². The number of rotatable bonds is 2. The number of nitrogens with one attached hydrogen (secondary N) is 1. The minimum absolute atomic E-state index is 0.222. The molecule has 1 heterocycles. The molecule has 1 aromatic carbocycles. The van der Waals surface area contributed by atoms with Crippen molar-refractivity contribution >= 4 is 17.0 Å². The molecule has 6 heteroatoms. The largest absolute Gasteiger partial charge is 0.417 e. The maximum absolute atomic E-state index is 12.0. The summed E-state index contributed by atoms with van der Waals surface area (Å²) in [5.41, 5.74) is 0.985. The summed E-state index contributed by atoms with van der Waals surface area (Å²) in [6.07, 6.45) is 0. The molecule has 0 aliphatic rings. The Morgan fingerprint density at radius 1 is 1.44 bits per heavy atom. The molecular weight excluding hydrogens is 234 g/mol. The number of fused-ring (bicyclic) bond motifs is 1. The summed E-state index contributed by atoms with van der Waals surface area (Å²) in [6, 6.07) is 5.16. The summed E-state index contributed by atoms with van der Waals surface area (Å²) in [4.78, 5) is 25.6. The predicted molar refractivity (Wildman–Crippen MR) is 66.8 cm³/mol. The van der Waals surface area contributed by atoms with E-state index >= 15 is 0 Å². The van der Waals surface area contributed by atoms with Crippen molar-refractivity contribution in [1.29, 1.82) is 0 Å². The van der Waals surface area contributed by atoms with Crippen LogP contribution in [0.2, 0.25) is 0 Å². The first-order chi connectivity index (χ1) is 8.32. The number of H-pyrrole nitrogens is 1. The van der Waals surface area contributed by atoms with E-state index in [0.29, 0.717) is 11.1 Å². The van der Waals surface area contributed by atoms with Crippen LogP contribution in [0.3, 0.4) is 0 Å². The van der Waals surface area contributed by atoms with Gasteiger partial charge in [-0.3, -0.25) is 14.8 Å². The van der Waals surface area contributed by atoms with E-state index in [1.165, 1.54) is 7.05 Å². The third-order valence-electron chi connectivity index (χ3n) is 3.00. The zero-order chi connectivity index (χ0) is 13.5. The molecule has 96 valence electrons. The summed E-state index contributed by atoms with van der Waals surface area (Å²) in [6.45, 7) is 3.54. The number of nitrogens with two attached hydrogens (primary N) is 1. The minimum atomic E-state index is -0.784. The molecule has 0 fully saturated rings. The van der Waals surface area contributed by atoms with E-state index in [9.17, 15) is 9.59 Å². The number of likely N-dealkylation sites (N-methyl/N-ethyl adjacent to an activating group) is 1. The van der Waals surface area contributed by atoms with Crippen molar-refractivity contribution in [2.45, 2.75) is 19.3 Å². The predicted octanol–water partition coefficient (Wildman–Crippen LogP) is 0.731. The van der Waals surface area contributed by atoms with Gasteiger partial charge in [0.25, 0.3) is 0 Å². The van der Waals surface area contributed by atoms with Crippen LogP contribution in [-0.4, -0.2) is 22.9 Å². The number of oxazole rings is 1. The van der Waals surface area contributed by atoms with E-state index in [1.807, 2.05) is 0 Å². The van der Waals surface area contributed by atoms with Crippen LogP contribution >= 0.6 is 0 Å². The van der Waals surface area contributed by atoms with E-state index in [4.69, 9.17) is 10.3 Å². The molecule has 0 radical (unpaired) electrons. The number of carbonyl (C=O) groups is 1. The van der Waals surface area contributed by atoms with Gasteiger partial charge in [-0.25, -0.2) is 10.6 Å². The second-order valence-electron chi connectivity index (χ2n) is 4.77. The highest BCUT2D eigenvalue weighted by molar-refractivity contribution is 5.88. The molecule has 1 aromatic heterocycles. The number of benzene rings is 1. The lowest BCUT2D eigenvalue weighted by atomic mass is 9.83. The summed E-state index contributed by atoms with van der Waals surface area (Å²) in [5, 5.41) is 1.05. The first-order valence-corrected chi connectivity index (χ1v) is 5.48. The Bertz CT molecular complexity index is 652. The Balaban J connectivity index is 2.53. The Morgan fingerprint density at radius 3 is 2.72 bits per heavy atom. The Labute approximate surface area is 103 Å². The first-order valence-electron chi connectivity index (χ1n) is 5.48. The minimum Gasteiger partial charge on any atom is -0.408 e. The van der Waals surface area contributed by atoms with Crippen molar-refractivity contribution < 1.29 is 9.21 Å². The van der Waals surface area contributed by atoms with Gasteiger partial charge in [-0.2, -0.15) is 0 Å². The molecule has 0 aliphatic heterocycles. The zero-order valence-electron chi connectivity index (χ0n) is 10.5. The number of hydrogen-bond donors (Lipinski definition) is 2. The van der Waals surface area contributed by atoms with Crippen LogP contribution in [0.4, 0.5) is 0 Å². The van der Waals surface area contributed by atoms with Crippen LogP contribution in [0, 0.1) is 0 Å². The highest BCUT2D eigenvalue weighted by atomic mass is 16.4. The zero-order valence-corrected chi connectivity index (χ0v) is 10.5. The SMILES string of the molecule is CN(N)C(=O)C(C)(C)c1ccc2[nH]c(=O)oc2c1. The molecule has 2 rings (SSSR count). The molecule has 18 heavy (non-hydrogen) atoms. The maximum Gasteiger partial charge on any atom is 0.417 e. The molecular formula is C12H15N3O3. The topological polar surface area (TPSA) is 92.3 Å². The quantitative estimate of drug-likeness (QED) is 0.466. The van der Waals surface area contributed by atoms with Crippen LogP contribution in [0.25, 0.3) is 11.1 Å². The van der Waals surface area contributed by atoms with Crippen molar-refractivity contribution in [2.24, 2.45) is 5.84 Å². The fourth-order valence-corrected chi connectivity index (χ4v) is 1.90. The van der Waals surface area contributed by atoms with Gasteiger partial charge in [0.15, 0.2) is 5.58 Å². The lowest BCUT2D eigenvalue weighted by Gasteiger charge is -2.26. The molecule has 0 aliphatic carbocycles. The number of amides is 1. The van der Waals surface area contributed by atoms with Gasteiger partial charge in [0.1, 0.15) is 0 Å². The summed E-state index contributed by atoms with van der Waals surface area (Å²) < 4.78 is 4.98. The van der Waals surface area contributed by atoms with E-state index in [0.717, 1.165) is 10.6 Å². The molecule has 0 unspecified atom stereocenters. The van der Waals surface area contributed by atoms with Crippen molar-refractivity contribution in [3.63, 3.8) is 0 Å². The van der Waals surface area contributed by atoms with Crippen LogP contribution in [0.5, 0.6) is 0 Å². The van der Waals surface area contributed by atoms with Gasteiger partial charge in [-0.1, -0.05) is 6.07 Å². The molecule has 0 atom stereocenters. The van der Waals surface area contributed by atoms with Crippen LogP contribution in [0.15, 0.2) is 27.4 Å². The number of carbonyl (C=O) groups excluding carboxylic acids is 1. The first kappa shape index (κ1) is 12.4. The standard InChI is InChI=1S/C12H15N3O3/c1-12(2,10(16)15(3)13)7-4-5-8-9(6-7)18-11(17)14-8/h4-6H,13H2,1-3H3,(H,14,17). The normalized spacial score (nSPS) is 11.8. The summed E-state index contributed by atoms with van der Waals surface area (Å²) >= 11 is 0. The molecule has 0 saturated heterocycles. The average Bonchev–Trinajstić information content (AvgIpc) is 2.66. The molecule has 0 spiro atoms. The third-order valence-corrected chi connectivity index (χ3v) is 3.00. The molecule has 6 nitrogen and oxygen atoms in total. The Morgan fingerprint density at radius 2 is 2.11 bits per heavy atom. The number of nitrogens with zero attached hydrogens (tertiary/aromatic N) is 1. The van der Waals surface area contributed by atoms with Crippen molar-refractivity contribution in [2.75, 3.05) is 7.05 Å². The summed E-state index contributed by atoms with van der Waals surface area (Å²) in [5.74, 6) is 4.75. The number of hydrazine groups is 1. The monoisotopic (exact) mass is 249 g/mol. The average molecular weight is 249 g/mol. The van der Waals surface area contributed by atoms with Crippen molar-refractivity contribution in [1.82, 2.24) is 9.99 Å².